The molecule has 8 heteroatoms. The van der Waals surface area contributed by atoms with E-state index in [0.29, 0.717) is 23.4 Å². The predicted molar refractivity (Wildman–Crippen MR) is 109 cm³/mol. The van der Waals surface area contributed by atoms with Crippen LogP contribution in [0.1, 0.15) is 30.4 Å². The van der Waals surface area contributed by atoms with Crippen LogP contribution in [-0.2, 0) is 12.4 Å². The van der Waals surface area contributed by atoms with Crippen LogP contribution in [0.5, 0.6) is 5.75 Å². The summed E-state index contributed by atoms with van der Waals surface area (Å²) in [6, 6.07) is 13.9. The molecule has 0 saturated heterocycles. The summed E-state index contributed by atoms with van der Waals surface area (Å²) in [6.07, 6.45) is 6.37. The molecule has 0 spiro atoms. The molecule has 1 saturated carbocycles. The Morgan fingerprint density at radius 3 is 2.79 bits per heavy atom. The lowest BCUT2D eigenvalue weighted by Crippen LogP contribution is -2.07. The number of aromatic nitrogens is 5. The van der Waals surface area contributed by atoms with Crippen molar-refractivity contribution < 1.29 is 4.74 Å². The summed E-state index contributed by atoms with van der Waals surface area (Å²) in [5.41, 5.74) is 1.98. The highest BCUT2D eigenvalue weighted by molar-refractivity contribution is 7.98. The number of rotatable bonds is 7. The highest BCUT2D eigenvalue weighted by atomic mass is 35.5. The van der Waals surface area contributed by atoms with E-state index in [4.69, 9.17) is 16.3 Å². The molecule has 0 radical (unpaired) electrons. The second-order valence-electron chi connectivity index (χ2n) is 6.71. The lowest BCUT2D eigenvalue weighted by molar-refractivity contribution is 0.288. The largest absolute Gasteiger partial charge is 0.484 e. The normalized spacial score (nSPS) is 13.9. The van der Waals surface area contributed by atoms with Crippen LogP contribution >= 0.6 is 23.4 Å². The zero-order chi connectivity index (χ0) is 18.9. The Morgan fingerprint density at radius 2 is 1.96 bits per heavy atom. The third-order valence-corrected chi connectivity index (χ3v) is 5.89. The summed E-state index contributed by atoms with van der Waals surface area (Å²) >= 11 is 7.84. The smallest absolute Gasteiger partial charge is 0.191 e. The minimum atomic E-state index is 0.349. The fraction of sp³-hybridized carbons (Fsp3) is 0.250. The Labute approximate surface area is 171 Å². The van der Waals surface area contributed by atoms with Gasteiger partial charge in [0.2, 0.25) is 0 Å². The molecule has 4 aromatic rings. The molecular weight excluding hydrogens is 394 g/mol. The molecule has 0 bridgehead atoms. The van der Waals surface area contributed by atoms with Crippen LogP contribution in [0, 0.1) is 0 Å². The molecule has 1 aliphatic rings. The van der Waals surface area contributed by atoms with E-state index in [1.165, 1.54) is 0 Å². The molecule has 1 fully saturated rings. The summed E-state index contributed by atoms with van der Waals surface area (Å²) in [7, 11) is 0. The molecule has 3 heterocycles. The van der Waals surface area contributed by atoms with Crippen LogP contribution < -0.4 is 4.74 Å². The van der Waals surface area contributed by atoms with Crippen molar-refractivity contribution in [1.29, 1.82) is 0 Å². The second-order valence-corrected chi connectivity index (χ2v) is 8.06. The zero-order valence-corrected chi connectivity index (χ0v) is 16.6. The molecule has 6 nitrogen and oxygen atoms in total. The first-order chi connectivity index (χ1) is 13.8. The third kappa shape index (κ3) is 3.59. The number of thioether (sulfide) groups is 1. The van der Waals surface area contributed by atoms with Gasteiger partial charge >= 0.3 is 0 Å². The first-order valence-corrected chi connectivity index (χ1v) is 10.5. The summed E-state index contributed by atoms with van der Waals surface area (Å²) < 4.78 is 10.1. The molecule has 0 aliphatic heterocycles. The van der Waals surface area contributed by atoms with Gasteiger partial charge in [-0.2, -0.15) is 0 Å². The Kier molecular flexibility index (Phi) is 4.70. The fourth-order valence-electron chi connectivity index (χ4n) is 3.10. The predicted octanol–water partition coefficient (Wildman–Crippen LogP) is 4.79. The van der Waals surface area contributed by atoms with Crippen LogP contribution in [0.2, 0.25) is 5.02 Å². The Bertz CT molecular complexity index is 1090. The van der Waals surface area contributed by atoms with Crippen LogP contribution in [-0.4, -0.2) is 24.1 Å². The van der Waals surface area contributed by atoms with Crippen molar-refractivity contribution >= 4 is 29.0 Å². The van der Waals surface area contributed by atoms with Gasteiger partial charge in [0.05, 0.1) is 10.7 Å². The van der Waals surface area contributed by atoms with Gasteiger partial charge in [-0.15, -0.1) is 10.2 Å². The molecule has 0 N–H and O–H groups in total. The minimum Gasteiger partial charge on any atom is -0.484 e. The highest BCUT2D eigenvalue weighted by Crippen LogP contribution is 2.39. The van der Waals surface area contributed by atoms with Crippen LogP contribution in [0.25, 0.3) is 5.65 Å². The van der Waals surface area contributed by atoms with Gasteiger partial charge in [-0.25, -0.2) is 4.98 Å². The Morgan fingerprint density at radius 1 is 1.11 bits per heavy atom. The lowest BCUT2D eigenvalue weighted by atomic mass is 10.3. The minimum absolute atomic E-state index is 0.349. The van der Waals surface area contributed by atoms with Crippen molar-refractivity contribution in [2.24, 2.45) is 0 Å². The van der Waals surface area contributed by atoms with Crippen molar-refractivity contribution in [3.05, 3.63) is 71.4 Å². The fourth-order valence-corrected chi connectivity index (χ4v) is 4.20. The molecular formula is C20H18ClN5OS. The molecule has 0 atom stereocenters. The quantitative estimate of drug-likeness (QED) is 0.409. The number of nitrogens with zero attached hydrogens (tertiary/aromatic N) is 5. The molecule has 5 rings (SSSR count). The van der Waals surface area contributed by atoms with E-state index in [1.54, 1.807) is 11.8 Å². The van der Waals surface area contributed by atoms with Gasteiger partial charge in [0.1, 0.15) is 18.0 Å². The maximum Gasteiger partial charge on any atom is 0.191 e. The Hall–Kier alpha value is -2.51. The Balaban J connectivity index is 1.31. The number of hydrogen-bond acceptors (Lipinski definition) is 5. The number of para-hydroxylation sites is 1. The van der Waals surface area contributed by atoms with Crippen LogP contribution in [0.4, 0.5) is 0 Å². The molecule has 142 valence electrons. The molecule has 1 aromatic carbocycles. The average molecular weight is 412 g/mol. The monoisotopic (exact) mass is 411 g/mol. The highest BCUT2D eigenvalue weighted by Gasteiger charge is 2.30. The molecule has 28 heavy (non-hydrogen) atoms. The zero-order valence-electron chi connectivity index (χ0n) is 15.0. The van der Waals surface area contributed by atoms with Gasteiger partial charge in [-0.1, -0.05) is 41.6 Å². The number of fused-ring (bicyclic) bond motifs is 1. The standard InChI is InChI=1S/C20H18ClN5OS/c21-16-5-1-2-6-17(16)27-12-19-23-24-20(26(19)15-8-9-15)28-13-14-11-25-10-4-3-7-18(25)22-14/h1-7,10-11,15H,8-9,12-13H2. The van der Waals surface area contributed by atoms with Crippen molar-refractivity contribution in [1.82, 2.24) is 24.1 Å². The molecule has 1 aliphatic carbocycles. The summed E-state index contributed by atoms with van der Waals surface area (Å²) in [6.45, 7) is 0.349. The number of imidazole rings is 1. The van der Waals surface area contributed by atoms with Gasteiger partial charge in [0, 0.05) is 24.2 Å². The van der Waals surface area contributed by atoms with Gasteiger partial charge in [-0.05, 0) is 37.1 Å². The van der Waals surface area contributed by atoms with E-state index < -0.39 is 0 Å². The van der Waals surface area contributed by atoms with Gasteiger partial charge < -0.3 is 9.14 Å². The lowest BCUT2D eigenvalue weighted by Gasteiger charge is -2.10. The summed E-state index contributed by atoms with van der Waals surface area (Å²) in [5, 5.41) is 10.3. The van der Waals surface area contributed by atoms with Gasteiger partial charge in [-0.3, -0.25) is 4.57 Å². The maximum atomic E-state index is 6.18. The first-order valence-electron chi connectivity index (χ1n) is 9.14. The van der Waals surface area contributed by atoms with Gasteiger partial charge in [0.25, 0.3) is 0 Å². The van der Waals surface area contributed by atoms with E-state index in [9.17, 15) is 0 Å². The summed E-state index contributed by atoms with van der Waals surface area (Å²) in [4.78, 5) is 4.66. The molecule has 3 aromatic heterocycles. The second kappa shape index (κ2) is 7.48. The average Bonchev–Trinajstić information content (AvgIpc) is 3.33. The van der Waals surface area contributed by atoms with Crippen LogP contribution in [0.15, 0.2) is 60.0 Å². The number of benzene rings is 1. The summed E-state index contributed by atoms with van der Waals surface area (Å²) in [5.74, 6) is 2.24. The SMILES string of the molecule is Clc1ccccc1OCc1nnc(SCc2cn3ccccc3n2)n1C1CC1. The number of hydrogen-bond donors (Lipinski definition) is 0. The van der Waals surface area contributed by atoms with Crippen molar-refractivity contribution in [3.63, 3.8) is 0 Å². The topological polar surface area (TPSA) is 57.2 Å². The van der Waals surface area contributed by atoms with E-state index in [2.05, 4.69) is 25.9 Å². The van der Waals surface area contributed by atoms with Crippen molar-refractivity contribution in [3.8, 4) is 5.75 Å². The molecule has 0 amide bonds. The molecule has 0 unspecified atom stereocenters. The van der Waals surface area contributed by atoms with Crippen LogP contribution in [0.3, 0.4) is 0 Å². The van der Waals surface area contributed by atoms with E-state index in [-0.39, 0.29) is 0 Å². The number of ether oxygens (including phenoxy) is 1. The maximum absolute atomic E-state index is 6.18. The number of pyridine rings is 1. The first kappa shape index (κ1) is 17.6. The van der Waals surface area contributed by atoms with E-state index >= 15 is 0 Å². The van der Waals surface area contributed by atoms with Crippen molar-refractivity contribution in [2.45, 2.75) is 36.4 Å². The third-order valence-electron chi connectivity index (χ3n) is 4.60. The van der Waals surface area contributed by atoms with E-state index in [0.717, 1.165) is 40.9 Å². The van der Waals surface area contributed by atoms with E-state index in [1.807, 2.05) is 53.1 Å². The number of halogens is 1. The van der Waals surface area contributed by atoms with Gasteiger partial charge in [0.15, 0.2) is 11.0 Å². The van der Waals surface area contributed by atoms with Crippen molar-refractivity contribution in [2.75, 3.05) is 0 Å².